The fourth-order valence-corrected chi connectivity index (χ4v) is 4.42. The van der Waals surface area contributed by atoms with Gasteiger partial charge < -0.3 is 10.4 Å². The first-order valence-corrected chi connectivity index (χ1v) is 9.55. The Bertz CT molecular complexity index is 999. The zero-order valence-electron chi connectivity index (χ0n) is 15.6. The predicted molar refractivity (Wildman–Crippen MR) is 99.8 cm³/mol. The van der Waals surface area contributed by atoms with Gasteiger partial charge in [0.2, 0.25) is 0 Å². The van der Waals surface area contributed by atoms with Gasteiger partial charge in [0.1, 0.15) is 5.54 Å². The Morgan fingerprint density at radius 2 is 1.69 bits per heavy atom. The molecule has 7 heteroatoms. The molecule has 1 unspecified atom stereocenters. The largest absolute Gasteiger partial charge is 0.479 e. The molecule has 1 atom stereocenters. The second kappa shape index (κ2) is 6.90. The number of benzene rings is 2. The molecule has 0 saturated heterocycles. The highest BCUT2D eigenvalue weighted by Gasteiger charge is 2.46. The SMILES string of the molecule is O=C(NC1(C(=O)O)Cc2ccc(C(F)(F)F)cc2C1)c1cccc2c1CCCC2. The minimum absolute atomic E-state index is 0.0451. The molecule has 0 aliphatic heterocycles. The van der Waals surface area contributed by atoms with Crippen molar-refractivity contribution < 1.29 is 27.9 Å². The van der Waals surface area contributed by atoms with Crippen LogP contribution in [-0.2, 0) is 36.7 Å². The Morgan fingerprint density at radius 1 is 0.966 bits per heavy atom. The van der Waals surface area contributed by atoms with Crippen molar-refractivity contribution in [3.63, 3.8) is 0 Å². The number of hydrogen-bond acceptors (Lipinski definition) is 2. The van der Waals surface area contributed by atoms with Crippen molar-refractivity contribution in [2.75, 3.05) is 0 Å². The molecular formula is C22H20F3NO3. The van der Waals surface area contributed by atoms with E-state index < -0.39 is 29.2 Å². The highest BCUT2D eigenvalue weighted by Crippen LogP contribution is 2.36. The fourth-order valence-electron chi connectivity index (χ4n) is 4.42. The van der Waals surface area contributed by atoms with E-state index >= 15 is 0 Å². The van der Waals surface area contributed by atoms with Crippen LogP contribution in [0.5, 0.6) is 0 Å². The third-order valence-corrected chi connectivity index (χ3v) is 5.92. The minimum atomic E-state index is -4.50. The third kappa shape index (κ3) is 3.50. The van der Waals surface area contributed by atoms with Gasteiger partial charge >= 0.3 is 12.1 Å². The van der Waals surface area contributed by atoms with Gasteiger partial charge in [-0.3, -0.25) is 4.79 Å². The Kier molecular flexibility index (Phi) is 4.63. The number of alkyl halides is 3. The zero-order valence-corrected chi connectivity index (χ0v) is 15.6. The summed E-state index contributed by atoms with van der Waals surface area (Å²) in [5.41, 5.74) is 0.828. The van der Waals surface area contributed by atoms with Gasteiger partial charge in [0.05, 0.1) is 5.56 Å². The Hall–Kier alpha value is -2.83. The van der Waals surface area contributed by atoms with Gasteiger partial charge in [-0.05, 0) is 66.1 Å². The number of fused-ring (bicyclic) bond motifs is 2. The number of aryl methyl sites for hydroxylation is 1. The van der Waals surface area contributed by atoms with Crippen LogP contribution >= 0.6 is 0 Å². The van der Waals surface area contributed by atoms with E-state index in [0.29, 0.717) is 16.7 Å². The number of aliphatic carboxylic acids is 1. The van der Waals surface area contributed by atoms with Crippen molar-refractivity contribution in [3.05, 3.63) is 69.8 Å². The Balaban J connectivity index is 1.64. The Morgan fingerprint density at radius 3 is 2.41 bits per heavy atom. The topological polar surface area (TPSA) is 66.4 Å². The molecule has 2 N–H and O–H groups in total. The fraction of sp³-hybridized carbons (Fsp3) is 0.364. The summed E-state index contributed by atoms with van der Waals surface area (Å²) in [4.78, 5) is 25.1. The molecule has 0 heterocycles. The number of nitrogens with one attached hydrogen (secondary N) is 1. The first-order valence-electron chi connectivity index (χ1n) is 9.55. The maximum Gasteiger partial charge on any atom is 0.416 e. The van der Waals surface area contributed by atoms with Crippen LogP contribution in [0, 0.1) is 0 Å². The van der Waals surface area contributed by atoms with E-state index in [2.05, 4.69) is 5.32 Å². The highest BCUT2D eigenvalue weighted by molar-refractivity contribution is 5.99. The van der Waals surface area contributed by atoms with Gasteiger partial charge in [-0.1, -0.05) is 18.2 Å². The lowest BCUT2D eigenvalue weighted by molar-refractivity contribution is -0.144. The lowest BCUT2D eigenvalue weighted by Gasteiger charge is -2.27. The van der Waals surface area contributed by atoms with Crippen molar-refractivity contribution >= 4 is 11.9 Å². The normalized spacial score (nSPS) is 20.7. The molecule has 29 heavy (non-hydrogen) atoms. The van der Waals surface area contributed by atoms with Gasteiger partial charge in [0, 0.05) is 18.4 Å². The van der Waals surface area contributed by atoms with Crippen LogP contribution in [0.3, 0.4) is 0 Å². The molecule has 0 aromatic heterocycles. The second-order valence-electron chi connectivity index (χ2n) is 7.83. The average Bonchev–Trinajstić information content (AvgIpc) is 3.05. The molecule has 0 fully saturated rings. The lowest BCUT2D eigenvalue weighted by Crippen LogP contribution is -2.55. The average molecular weight is 403 g/mol. The number of hydrogen-bond donors (Lipinski definition) is 2. The number of carbonyl (C=O) groups is 2. The predicted octanol–water partition coefficient (Wildman–Crippen LogP) is 3.94. The van der Waals surface area contributed by atoms with Gasteiger partial charge in [0.25, 0.3) is 5.91 Å². The number of amides is 1. The van der Waals surface area contributed by atoms with Crippen LogP contribution in [0.15, 0.2) is 36.4 Å². The summed E-state index contributed by atoms with van der Waals surface area (Å²) in [6, 6.07) is 8.68. The van der Waals surface area contributed by atoms with E-state index in [0.717, 1.165) is 48.9 Å². The number of carboxylic acid groups (broad SMARTS) is 1. The van der Waals surface area contributed by atoms with Crippen LogP contribution in [0.2, 0.25) is 0 Å². The van der Waals surface area contributed by atoms with E-state index in [1.54, 1.807) is 12.1 Å². The van der Waals surface area contributed by atoms with Crippen molar-refractivity contribution in [1.82, 2.24) is 5.32 Å². The van der Waals surface area contributed by atoms with Gasteiger partial charge in [-0.15, -0.1) is 0 Å². The van der Waals surface area contributed by atoms with E-state index in [4.69, 9.17) is 0 Å². The molecule has 0 radical (unpaired) electrons. The molecule has 4 nitrogen and oxygen atoms in total. The van der Waals surface area contributed by atoms with E-state index in [1.165, 1.54) is 6.07 Å². The van der Waals surface area contributed by atoms with Crippen molar-refractivity contribution in [3.8, 4) is 0 Å². The number of halogens is 3. The van der Waals surface area contributed by atoms with Gasteiger partial charge in [-0.25, -0.2) is 4.79 Å². The molecule has 2 aliphatic carbocycles. The summed E-state index contributed by atoms with van der Waals surface area (Å²) in [5, 5.41) is 12.5. The molecule has 2 aliphatic rings. The molecule has 0 spiro atoms. The molecule has 4 rings (SSSR count). The second-order valence-corrected chi connectivity index (χ2v) is 7.83. The molecule has 2 aromatic rings. The van der Waals surface area contributed by atoms with Crippen molar-refractivity contribution in [2.45, 2.75) is 50.2 Å². The van der Waals surface area contributed by atoms with Crippen LogP contribution in [0.4, 0.5) is 13.2 Å². The summed E-state index contributed by atoms with van der Waals surface area (Å²) in [6.07, 6.45) is -1.07. The first kappa shape index (κ1) is 19.5. The Labute approximate surface area is 165 Å². The van der Waals surface area contributed by atoms with E-state index in [1.807, 2.05) is 6.07 Å². The zero-order chi connectivity index (χ0) is 20.8. The first-order chi connectivity index (χ1) is 13.7. The van der Waals surface area contributed by atoms with Crippen LogP contribution in [0.25, 0.3) is 0 Å². The monoisotopic (exact) mass is 403 g/mol. The lowest BCUT2D eigenvalue weighted by atomic mass is 9.87. The van der Waals surface area contributed by atoms with Crippen LogP contribution in [0.1, 0.15) is 51.0 Å². The van der Waals surface area contributed by atoms with E-state index in [9.17, 15) is 27.9 Å². The number of rotatable bonds is 3. The summed E-state index contributed by atoms with van der Waals surface area (Å²) < 4.78 is 39.0. The maximum atomic E-state index is 13.0. The van der Waals surface area contributed by atoms with Crippen LogP contribution < -0.4 is 5.32 Å². The minimum Gasteiger partial charge on any atom is -0.479 e. The van der Waals surface area contributed by atoms with Crippen LogP contribution in [-0.4, -0.2) is 22.5 Å². The standard InChI is InChI=1S/C22H20F3NO3/c23-22(24,25)16-9-8-14-11-21(20(28)29,12-15(14)10-16)26-19(27)18-7-3-5-13-4-1-2-6-17(13)18/h3,5,7-10H,1-2,4,6,11-12H2,(H,26,27)(H,28,29). The quantitative estimate of drug-likeness (QED) is 0.816. The molecule has 0 bridgehead atoms. The maximum absolute atomic E-state index is 13.0. The molecule has 152 valence electrons. The molecule has 2 aromatic carbocycles. The summed E-state index contributed by atoms with van der Waals surface area (Å²) >= 11 is 0. The van der Waals surface area contributed by atoms with Crippen molar-refractivity contribution in [1.29, 1.82) is 0 Å². The number of carbonyl (C=O) groups excluding carboxylic acids is 1. The van der Waals surface area contributed by atoms with Crippen molar-refractivity contribution in [2.24, 2.45) is 0 Å². The third-order valence-electron chi connectivity index (χ3n) is 5.92. The smallest absolute Gasteiger partial charge is 0.416 e. The van der Waals surface area contributed by atoms with Gasteiger partial charge in [0.15, 0.2) is 0 Å². The summed E-state index contributed by atoms with van der Waals surface area (Å²) in [7, 11) is 0. The number of carboxylic acids is 1. The van der Waals surface area contributed by atoms with Gasteiger partial charge in [-0.2, -0.15) is 13.2 Å². The molecule has 0 saturated carbocycles. The highest BCUT2D eigenvalue weighted by atomic mass is 19.4. The molecular weight excluding hydrogens is 383 g/mol. The summed E-state index contributed by atoms with van der Waals surface area (Å²) in [6.45, 7) is 0. The molecule has 1 amide bonds. The summed E-state index contributed by atoms with van der Waals surface area (Å²) in [5.74, 6) is -1.74. The van der Waals surface area contributed by atoms with E-state index in [-0.39, 0.29) is 12.8 Å².